The summed E-state index contributed by atoms with van der Waals surface area (Å²) in [5.41, 5.74) is 7.18. The molecule has 0 spiro atoms. The van der Waals surface area contributed by atoms with Crippen molar-refractivity contribution >= 4 is 18.3 Å². The molecule has 1 saturated carbocycles. The fourth-order valence-corrected chi connectivity index (χ4v) is 2.87. The molecule has 0 atom stereocenters. The highest BCUT2D eigenvalue weighted by Gasteiger charge is 2.34. The van der Waals surface area contributed by atoms with Gasteiger partial charge in [0.05, 0.1) is 5.54 Å². The molecule has 0 radical (unpaired) electrons. The molecule has 1 aromatic heterocycles. The number of hydrogen-bond acceptors (Lipinski definition) is 3. The predicted molar refractivity (Wildman–Crippen MR) is 82.3 cm³/mol. The van der Waals surface area contributed by atoms with Gasteiger partial charge in [-0.1, -0.05) is 26.7 Å². The lowest BCUT2D eigenvalue weighted by molar-refractivity contribution is 0.0897. The molecular weight excluding hydrogens is 276 g/mol. The molecule has 0 bridgehead atoms. The Labute approximate surface area is 126 Å². The minimum absolute atomic E-state index is 0. The van der Waals surface area contributed by atoms with Crippen LogP contribution in [0.3, 0.4) is 0 Å². The minimum Gasteiger partial charge on any atom is -0.344 e. The van der Waals surface area contributed by atoms with Gasteiger partial charge in [0.1, 0.15) is 5.69 Å². The number of amides is 1. The maximum Gasteiger partial charge on any atom is 0.272 e. The van der Waals surface area contributed by atoms with Crippen LogP contribution in [0.4, 0.5) is 0 Å². The number of nitrogens with one attached hydrogen (secondary N) is 1. The molecule has 0 aromatic carbocycles. The number of rotatable bonds is 4. The third-order valence-corrected chi connectivity index (χ3v) is 4.07. The monoisotopic (exact) mass is 300 g/mol. The van der Waals surface area contributed by atoms with Gasteiger partial charge in [0.15, 0.2) is 0 Å². The third kappa shape index (κ3) is 3.33. The van der Waals surface area contributed by atoms with Crippen LogP contribution >= 0.6 is 12.4 Å². The van der Waals surface area contributed by atoms with Crippen molar-refractivity contribution in [3.05, 3.63) is 17.5 Å². The van der Waals surface area contributed by atoms with Gasteiger partial charge in [0.2, 0.25) is 0 Å². The van der Waals surface area contributed by atoms with Gasteiger partial charge < -0.3 is 11.1 Å². The molecule has 6 heteroatoms. The van der Waals surface area contributed by atoms with Gasteiger partial charge in [-0.3, -0.25) is 9.48 Å². The topological polar surface area (TPSA) is 72.9 Å². The van der Waals surface area contributed by atoms with Crippen molar-refractivity contribution in [2.24, 2.45) is 12.8 Å². The first-order valence-electron chi connectivity index (χ1n) is 7.04. The molecule has 5 nitrogen and oxygen atoms in total. The van der Waals surface area contributed by atoms with Crippen LogP contribution < -0.4 is 11.1 Å². The third-order valence-electron chi connectivity index (χ3n) is 4.07. The van der Waals surface area contributed by atoms with Crippen LogP contribution in [0.15, 0.2) is 6.07 Å². The first kappa shape index (κ1) is 17.0. The summed E-state index contributed by atoms with van der Waals surface area (Å²) in [7, 11) is 1.88. The summed E-state index contributed by atoms with van der Waals surface area (Å²) in [5, 5.41) is 7.40. The summed E-state index contributed by atoms with van der Waals surface area (Å²) in [6.45, 7) is 4.69. The zero-order valence-corrected chi connectivity index (χ0v) is 13.3. The highest BCUT2D eigenvalue weighted by molar-refractivity contribution is 5.93. The summed E-state index contributed by atoms with van der Waals surface area (Å²) in [4.78, 5) is 12.3. The summed E-state index contributed by atoms with van der Waals surface area (Å²) in [6, 6.07) is 1.87. The minimum atomic E-state index is -0.216. The van der Waals surface area contributed by atoms with Crippen molar-refractivity contribution in [3.8, 4) is 0 Å². The zero-order valence-electron chi connectivity index (χ0n) is 12.5. The number of aromatic nitrogens is 2. The van der Waals surface area contributed by atoms with Crippen LogP contribution in [0.5, 0.6) is 0 Å². The van der Waals surface area contributed by atoms with Crippen molar-refractivity contribution in [2.45, 2.75) is 51.0 Å². The summed E-state index contributed by atoms with van der Waals surface area (Å²) >= 11 is 0. The molecule has 1 aliphatic rings. The quantitative estimate of drug-likeness (QED) is 0.893. The average Bonchev–Trinajstić information content (AvgIpc) is 2.96. The van der Waals surface area contributed by atoms with E-state index < -0.39 is 0 Å². The second kappa shape index (κ2) is 6.59. The Hall–Kier alpha value is -1.07. The van der Waals surface area contributed by atoms with E-state index in [4.69, 9.17) is 5.73 Å². The Morgan fingerprint density at radius 2 is 2.10 bits per heavy atom. The SMILES string of the molecule is CC(C)c1cc(C(=O)NC2(CN)CCCC2)nn1C.Cl. The van der Waals surface area contributed by atoms with E-state index >= 15 is 0 Å². The number of carbonyl (C=O) groups is 1. The van der Waals surface area contributed by atoms with Crippen molar-refractivity contribution in [1.82, 2.24) is 15.1 Å². The fraction of sp³-hybridized carbons (Fsp3) is 0.714. The lowest BCUT2D eigenvalue weighted by Gasteiger charge is -2.28. The van der Waals surface area contributed by atoms with E-state index in [1.54, 1.807) is 4.68 Å². The number of hydrogen-bond donors (Lipinski definition) is 2. The lowest BCUT2D eigenvalue weighted by Crippen LogP contribution is -2.51. The zero-order chi connectivity index (χ0) is 14.0. The van der Waals surface area contributed by atoms with Gasteiger partial charge in [0.25, 0.3) is 5.91 Å². The van der Waals surface area contributed by atoms with E-state index in [1.165, 1.54) is 0 Å². The van der Waals surface area contributed by atoms with E-state index in [2.05, 4.69) is 24.3 Å². The highest BCUT2D eigenvalue weighted by Crippen LogP contribution is 2.29. The van der Waals surface area contributed by atoms with E-state index in [0.717, 1.165) is 31.4 Å². The maximum absolute atomic E-state index is 12.3. The number of halogens is 1. The molecule has 1 aromatic rings. The largest absolute Gasteiger partial charge is 0.344 e. The smallest absolute Gasteiger partial charge is 0.272 e. The van der Waals surface area contributed by atoms with Crippen molar-refractivity contribution in [1.29, 1.82) is 0 Å². The van der Waals surface area contributed by atoms with Crippen molar-refractivity contribution in [3.63, 3.8) is 0 Å². The fourth-order valence-electron chi connectivity index (χ4n) is 2.87. The van der Waals surface area contributed by atoms with Crippen LogP contribution in [0.1, 0.15) is 61.6 Å². The van der Waals surface area contributed by atoms with Crippen LogP contribution in [-0.2, 0) is 7.05 Å². The Morgan fingerprint density at radius 3 is 2.55 bits per heavy atom. The molecule has 0 aliphatic heterocycles. The molecule has 1 heterocycles. The molecule has 114 valence electrons. The molecule has 1 amide bonds. The lowest BCUT2D eigenvalue weighted by atomic mass is 9.97. The van der Waals surface area contributed by atoms with E-state index in [9.17, 15) is 4.79 Å². The van der Waals surface area contributed by atoms with Crippen molar-refractivity contribution < 1.29 is 4.79 Å². The predicted octanol–water partition coefficient (Wildman–Crippen LogP) is 1.97. The average molecular weight is 301 g/mol. The van der Waals surface area contributed by atoms with Crippen LogP contribution in [0.2, 0.25) is 0 Å². The van der Waals surface area contributed by atoms with Gasteiger partial charge in [0, 0.05) is 19.3 Å². The molecule has 1 aliphatic carbocycles. The van der Waals surface area contributed by atoms with Crippen LogP contribution in [-0.4, -0.2) is 27.8 Å². The van der Waals surface area contributed by atoms with Crippen LogP contribution in [0.25, 0.3) is 0 Å². The Balaban J connectivity index is 0.00000200. The van der Waals surface area contributed by atoms with Gasteiger partial charge >= 0.3 is 0 Å². The normalized spacial score (nSPS) is 17.1. The number of nitrogens with two attached hydrogens (primary N) is 1. The molecule has 20 heavy (non-hydrogen) atoms. The van der Waals surface area contributed by atoms with E-state index in [0.29, 0.717) is 18.2 Å². The second-order valence-electron chi connectivity index (χ2n) is 5.88. The molecule has 3 N–H and O–H groups in total. The second-order valence-corrected chi connectivity index (χ2v) is 5.88. The van der Waals surface area contributed by atoms with Gasteiger partial charge in [-0.2, -0.15) is 5.10 Å². The molecule has 2 rings (SSSR count). The number of nitrogens with zero attached hydrogens (tertiary/aromatic N) is 2. The number of aryl methyl sites for hydroxylation is 1. The number of carbonyl (C=O) groups excluding carboxylic acids is 1. The van der Waals surface area contributed by atoms with Gasteiger partial charge in [-0.05, 0) is 24.8 Å². The summed E-state index contributed by atoms with van der Waals surface area (Å²) < 4.78 is 1.78. The van der Waals surface area contributed by atoms with Gasteiger partial charge in [-0.15, -0.1) is 12.4 Å². The maximum atomic E-state index is 12.3. The Kier molecular flexibility index (Phi) is 5.59. The van der Waals surface area contributed by atoms with E-state index in [1.807, 2.05) is 13.1 Å². The summed E-state index contributed by atoms with van der Waals surface area (Å²) in [5.74, 6) is 0.254. The summed E-state index contributed by atoms with van der Waals surface area (Å²) in [6.07, 6.45) is 4.21. The van der Waals surface area contributed by atoms with Crippen molar-refractivity contribution in [2.75, 3.05) is 6.54 Å². The highest BCUT2D eigenvalue weighted by atomic mass is 35.5. The Bertz CT molecular complexity index is 464. The molecular formula is C14H25ClN4O. The molecule has 0 unspecified atom stereocenters. The Morgan fingerprint density at radius 1 is 1.50 bits per heavy atom. The first-order chi connectivity index (χ1) is 8.97. The standard InChI is InChI=1S/C14H24N4O.ClH/c1-10(2)12-8-11(17-18(12)3)13(19)16-14(9-15)6-4-5-7-14;/h8,10H,4-7,9,15H2,1-3H3,(H,16,19);1H. The van der Waals surface area contributed by atoms with E-state index in [-0.39, 0.29) is 23.9 Å². The molecule has 1 fully saturated rings. The van der Waals surface area contributed by atoms with Crippen LogP contribution in [0, 0.1) is 0 Å². The van der Waals surface area contributed by atoms with Gasteiger partial charge in [-0.25, -0.2) is 0 Å². The first-order valence-corrected chi connectivity index (χ1v) is 7.04. The molecule has 0 saturated heterocycles.